The molecule has 0 atom stereocenters. The lowest BCUT2D eigenvalue weighted by Crippen LogP contribution is -2.49. The predicted molar refractivity (Wildman–Crippen MR) is 57.4 cm³/mol. The van der Waals surface area contributed by atoms with E-state index in [1.165, 1.54) is 13.5 Å². The molecule has 2 nitrogen and oxygen atoms in total. The highest BCUT2D eigenvalue weighted by atomic mass is 15.0. The molecule has 76 valence electrons. The summed E-state index contributed by atoms with van der Waals surface area (Å²) in [6, 6.07) is 0. The van der Waals surface area contributed by atoms with Gasteiger partial charge in [-0.25, -0.2) is 0 Å². The molecule has 0 aromatic carbocycles. The van der Waals surface area contributed by atoms with Crippen molar-refractivity contribution in [2.75, 3.05) is 7.05 Å². The van der Waals surface area contributed by atoms with Crippen molar-refractivity contribution in [2.24, 2.45) is 5.73 Å². The average molecular weight is 174 g/mol. The minimum Gasteiger partial charge on any atom is -0.333 e. The summed E-state index contributed by atoms with van der Waals surface area (Å²) < 4.78 is 0. The van der Waals surface area contributed by atoms with Crippen LogP contribution in [0.4, 0.5) is 0 Å². The van der Waals surface area contributed by atoms with Gasteiger partial charge in [-0.1, -0.05) is 6.92 Å². The molecule has 0 saturated heterocycles. The Bertz CT molecular complexity index is 101. The maximum absolute atomic E-state index is 4.50. The summed E-state index contributed by atoms with van der Waals surface area (Å²) in [5.41, 5.74) is 5.01. The monoisotopic (exact) mass is 174 g/mol. The van der Waals surface area contributed by atoms with Crippen LogP contribution in [-0.4, -0.2) is 18.1 Å². The van der Waals surface area contributed by atoms with Crippen molar-refractivity contribution < 1.29 is 0 Å². The van der Waals surface area contributed by atoms with E-state index in [-0.39, 0.29) is 11.1 Å². The average Bonchev–Trinajstić information content (AvgIpc) is 1.88. The molecular weight excluding hydrogens is 148 g/mol. The summed E-state index contributed by atoms with van der Waals surface area (Å²) in [6.45, 7) is 13.3. The van der Waals surface area contributed by atoms with Gasteiger partial charge in [0.2, 0.25) is 0 Å². The van der Waals surface area contributed by atoms with Gasteiger partial charge in [-0.3, -0.25) is 0 Å². The second kappa shape index (κ2) is 5.55. The molecule has 0 aromatic heterocycles. The van der Waals surface area contributed by atoms with Crippen LogP contribution in [0.2, 0.25) is 0 Å². The van der Waals surface area contributed by atoms with Gasteiger partial charge >= 0.3 is 0 Å². The second-order valence-corrected chi connectivity index (χ2v) is 4.61. The van der Waals surface area contributed by atoms with Crippen molar-refractivity contribution in [2.45, 2.75) is 59.0 Å². The number of hydrogen-bond donors (Lipinski definition) is 2. The number of hydrogen-bond acceptors (Lipinski definition) is 2. The van der Waals surface area contributed by atoms with Crippen LogP contribution in [-0.2, 0) is 0 Å². The van der Waals surface area contributed by atoms with E-state index in [2.05, 4.69) is 52.6 Å². The van der Waals surface area contributed by atoms with Crippen LogP contribution in [0.3, 0.4) is 0 Å². The quantitative estimate of drug-likeness (QED) is 0.673. The molecule has 0 rings (SSSR count). The molecule has 0 heterocycles. The van der Waals surface area contributed by atoms with Crippen molar-refractivity contribution in [3.8, 4) is 0 Å². The highest BCUT2D eigenvalue weighted by Gasteiger charge is 2.21. The Morgan fingerprint density at radius 3 is 1.42 bits per heavy atom. The first-order chi connectivity index (χ1) is 5.27. The molecule has 0 aliphatic rings. The van der Waals surface area contributed by atoms with Crippen molar-refractivity contribution in [3.63, 3.8) is 0 Å². The van der Waals surface area contributed by atoms with Gasteiger partial charge < -0.3 is 11.1 Å². The lowest BCUT2D eigenvalue weighted by atomic mass is 9.96. The fourth-order valence-electron chi connectivity index (χ4n) is 1.10. The summed E-state index contributed by atoms with van der Waals surface area (Å²) in [5.74, 6) is 0. The molecule has 0 aliphatic carbocycles. The van der Waals surface area contributed by atoms with E-state index in [1.54, 1.807) is 0 Å². The lowest BCUT2D eigenvalue weighted by Gasteiger charge is -2.34. The molecule has 0 saturated carbocycles. The molecular formula is C10H26N2. The van der Waals surface area contributed by atoms with E-state index in [0.29, 0.717) is 0 Å². The minimum atomic E-state index is 0.236. The molecule has 12 heavy (non-hydrogen) atoms. The minimum absolute atomic E-state index is 0.236. The van der Waals surface area contributed by atoms with Crippen molar-refractivity contribution in [1.29, 1.82) is 0 Å². The molecule has 0 amide bonds. The maximum atomic E-state index is 4.50. The Balaban J connectivity index is 0. The highest BCUT2D eigenvalue weighted by Crippen LogP contribution is 2.12. The van der Waals surface area contributed by atoms with Gasteiger partial charge in [0.1, 0.15) is 0 Å². The van der Waals surface area contributed by atoms with Crippen LogP contribution >= 0.6 is 0 Å². The van der Waals surface area contributed by atoms with Gasteiger partial charge in [0.15, 0.2) is 0 Å². The SMILES string of the molecule is CCC(C)(C)NC(C)(C)C.CN. The van der Waals surface area contributed by atoms with Gasteiger partial charge in [0, 0.05) is 11.1 Å². The van der Waals surface area contributed by atoms with Gasteiger partial charge in [-0.2, -0.15) is 0 Å². The van der Waals surface area contributed by atoms with Crippen LogP contribution in [0.25, 0.3) is 0 Å². The van der Waals surface area contributed by atoms with E-state index in [9.17, 15) is 0 Å². The Hall–Kier alpha value is -0.0800. The van der Waals surface area contributed by atoms with E-state index in [1.807, 2.05) is 0 Å². The normalized spacial score (nSPS) is 12.0. The molecule has 0 aromatic rings. The zero-order valence-corrected chi connectivity index (χ0v) is 9.78. The van der Waals surface area contributed by atoms with Crippen LogP contribution in [0.1, 0.15) is 48.0 Å². The van der Waals surface area contributed by atoms with E-state index >= 15 is 0 Å². The van der Waals surface area contributed by atoms with Crippen molar-refractivity contribution in [3.05, 3.63) is 0 Å². The number of nitrogens with one attached hydrogen (secondary N) is 1. The molecule has 0 aliphatic heterocycles. The summed E-state index contributed by atoms with van der Waals surface area (Å²) in [6.07, 6.45) is 1.17. The molecule has 0 radical (unpaired) electrons. The molecule has 0 fully saturated rings. The third kappa shape index (κ3) is 9.92. The largest absolute Gasteiger partial charge is 0.333 e. The van der Waals surface area contributed by atoms with Crippen molar-refractivity contribution >= 4 is 0 Å². The predicted octanol–water partition coefficient (Wildman–Crippen LogP) is 2.14. The maximum Gasteiger partial charge on any atom is 0.0127 e. The third-order valence-corrected chi connectivity index (χ3v) is 1.60. The Kier molecular flexibility index (Phi) is 6.68. The van der Waals surface area contributed by atoms with Gasteiger partial charge in [-0.05, 0) is 48.1 Å². The number of nitrogens with two attached hydrogens (primary N) is 1. The number of rotatable bonds is 2. The zero-order valence-electron chi connectivity index (χ0n) is 9.78. The standard InChI is InChI=1S/C9H21N.CH5N/c1-7-9(5,6)10-8(2,3)4;1-2/h10H,7H2,1-6H3;2H2,1H3. The topological polar surface area (TPSA) is 38.0 Å². The van der Waals surface area contributed by atoms with Gasteiger partial charge in [0.25, 0.3) is 0 Å². The van der Waals surface area contributed by atoms with Gasteiger partial charge in [0.05, 0.1) is 0 Å². The fraction of sp³-hybridized carbons (Fsp3) is 1.00. The van der Waals surface area contributed by atoms with Gasteiger partial charge in [-0.15, -0.1) is 0 Å². The first-order valence-electron chi connectivity index (χ1n) is 4.64. The van der Waals surface area contributed by atoms with Crippen LogP contribution in [0.5, 0.6) is 0 Å². The van der Waals surface area contributed by atoms with E-state index < -0.39 is 0 Å². The lowest BCUT2D eigenvalue weighted by molar-refractivity contribution is 0.275. The molecule has 0 spiro atoms. The zero-order chi connectivity index (χ0) is 10.4. The fourth-order valence-corrected chi connectivity index (χ4v) is 1.10. The Morgan fingerprint density at radius 2 is 1.33 bits per heavy atom. The van der Waals surface area contributed by atoms with Crippen molar-refractivity contribution in [1.82, 2.24) is 5.32 Å². The molecule has 2 heteroatoms. The summed E-state index contributed by atoms with van der Waals surface area (Å²) in [7, 11) is 1.50. The Morgan fingerprint density at radius 1 is 1.00 bits per heavy atom. The smallest absolute Gasteiger partial charge is 0.0127 e. The van der Waals surface area contributed by atoms with E-state index in [4.69, 9.17) is 0 Å². The van der Waals surface area contributed by atoms with Crippen LogP contribution < -0.4 is 11.1 Å². The third-order valence-electron chi connectivity index (χ3n) is 1.60. The highest BCUT2D eigenvalue weighted by molar-refractivity contribution is 4.83. The summed E-state index contributed by atoms with van der Waals surface area (Å²) in [5, 5.41) is 3.55. The first kappa shape index (κ1) is 14.4. The first-order valence-corrected chi connectivity index (χ1v) is 4.64. The van der Waals surface area contributed by atoms with Crippen LogP contribution in [0, 0.1) is 0 Å². The molecule has 0 bridgehead atoms. The van der Waals surface area contributed by atoms with E-state index in [0.717, 1.165) is 0 Å². The molecule has 3 N–H and O–H groups in total. The Labute approximate surface area is 77.9 Å². The molecule has 0 unspecified atom stereocenters. The summed E-state index contributed by atoms with van der Waals surface area (Å²) in [4.78, 5) is 0. The summed E-state index contributed by atoms with van der Waals surface area (Å²) >= 11 is 0. The second-order valence-electron chi connectivity index (χ2n) is 4.61. The van der Waals surface area contributed by atoms with Crippen LogP contribution in [0.15, 0.2) is 0 Å².